The minimum atomic E-state index is -4.07. The van der Waals surface area contributed by atoms with Crippen LogP contribution in [-0.4, -0.2) is 54.7 Å². The van der Waals surface area contributed by atoms with E-state index in [1.807, 2.05) is 0 Å². The van der Waals surface area contributed by atoms with Gasteiger partial charge in [0.2, 0.25) is 10.0 Å². The van der Waals surface area contributed by atoms with Crippen molar-refractivity contribution in [1.29, 1.82) is 0 Å². The molecule has 1 unspecified atom stereocenters. The molecule has 0 heterocycles. The van der Waals surface area contributed by atoms with E-state index in [1.165, 1.54) is 0 Å². The van der Waals surface area contributed by atoms with E-state index in [9.17, 15) is 18.0 Å². The van der Waals surface area contributed by atoms with Crippen molar-refractivity contribution in [3.05, 3.63) is 0 Å². The van der Waals surface area contributed by atoms with Gasteiger partial charge in [0.1, 0.15) is 6.54 Å². The Morgan fingerprint density at radius 3 is 2.06 bits per heavy atom. The predicted octanol–water partition coefficient (Wildman–Crippen LogP) is -0.327. The molecule has 0 rings (SSSR count). The molecule has 1 atom stereocenters. The highest BCUT2D eigenvalue weighted by atomic mass is 32.2. The number of carbonyl (C=O) groups excluding carboxylic acids is 1. The Hall–Kier alpha value is -1.15. The summed E-state index contributed by atoms with van der Waals surface area (Å²) in [6, 6.07) is -0.527. The first-order chi connectivity index (χ1) is 7.64. The fourth-order valence-corrected chi connectivity index (χ4v) is 2.62. The average Bonchev–Trinajstić information content (AvgIpc) is 2.23. The number of esters is 1. The molecule has 0 amide bonds. The maximum atomic E-state index is 11.9. The van der Waals surface area contributed by atoms with Crippen LogP contribution in [0.4, 0.5) is 0 Å². The minimum Gasteiger partial charge on any atom is -0.480 e. The quantitative estimate of drug-likeness (QED) is 0.661. The van der Waals surface area contributed by atoms with E-state index in [2.05, 4.69) is 4.74 Å². The van der Waals surface area contributed by atoms with Gasteiger partial charge in [-0.25, -0.2) is 8.42 Å². The van der Waals surface area contributed by atoms with Crippen LogP contribution in [0.2, 0.25) is 0 Å². The van der Waals surface area contributed by atoms with E-state index >= 15 is 0 Å². The molecule has 0 aliphatic carbocycles. The van der Waals surface area contributed by atoms with Crippen LogP contribution in [-0.2, 0) is 24.3 Å². The van der Waals surface area contributed by atoms with Crippen molar-refractivity contribution in [2.75, 3.05) is 13.7 Å². The Morgan fingerprint density at radius 2 is 1.76 bits per heavy atom. The lowest BCUT2D eigenvalue weighted by molar-refractivity contribution is -0.141. The molecule has 100 valence electrons. The molecule has 0 aromatic heterocycles. The van der Waals surface area contributed by atoms with Crippen molar-refractivity contribution < 1.29 is 27.9 Å². The van der Waals surface area contributed by atoms with Gasteiger partial charge in [0.05, 0.1) is 7.11 Å². The van der Waals surface area contributed by atoms with E-state index in [1.54, 1.807) is 13.8 Å². The van der Waals surface area contributed by atoms with E-state index in [4.69, 9.17) is 5.11 Å². The second kappa shape index (κ2) is 5.97. The first-order valence-corrected chi connectivity index (χ1v) is 6.45. The van der Waals surface area contributed by atoms with Crippen LogP contribution in [0, 0.1) is 0 Å². The van der Waals surface area contributed by atoms with Crippen molar-refractivity contribution in [3.63, 3.8) is 0 Å². The topological polar surface area (TPSA) is 101 Å². The van der Waals surface area contributed by atoms with Gasteiger partial charge >= 0.3 is 11.9 Å². The molecule has 0 saturated heterocycles. The van der Waals surface area contributed by atoms with Gasteiger partial charge in [0.15, 0.2) is 5.25 Å². The zero-order chi connectivity index (χ0) is 13.8. The molecule has 0 aliphatic rings. The number of methoxy groups -OCH3 is 1. The summed E-state index contributed by atoms with van der Waals surface area (Å²) in [6.45, 7) is 3.67. The molecule has 0 saturated carbocycles. The van der Waals surface area contributed by atoms with Gasteiger partial charge in [0, 0.05) is 6.04 Å². The number of carbonyl (C=O) groups is 2. The van der Waals surface area contributed by atoms with Gasteiger partial charge in [-0.1, -0.05) is 0 Å². The number of carboxylic acids is 1. The van der Waals surface area contributed by atoms with Gasteiger partial charge in [0.25, 0.3) is 0 Å². The van der Waals surface area contributed by atoms with Gasteiger partial charge in [-0.05, 0) is 20.8 Å². The number of carboxylic acid groups (broad SMARTS) is 1. The summed E-state index contributed by atoms with van der Waals surface area (Å²) in [7, 11) is -2.94. The normalized spacial score (nSPS) is 13.8. The molecule has 0 aromatic carbocycles. The van der Waals surface area contributed by atoms with E-state index in [0.29, 0.717) is 0 Å². The summed E-state index contributed by atoms with van der Waals surface area (Å²) >= 11 is 0. The number of hydrogen-bond acceptors (Lipinski definition) is 5. The number of nitrogens with zero attached hydrogens (tertiary/aromatic N) is 1. The fraction of sp³-hybridized carbons (Fsp3) is 0.778. The van der Waals surface area contributed by atoms with Crippen molar-refractivity contribution in [3.8, 4) is 0 Å². The first kappa shape index (κ1) is 15.9. The van der Waals surface area contributed by atoms with Crippen LogP contribution in [0.5, 0.6) is 0 Å². The lowest BCUT2D eigenvalue weighted by Crippen LogP contribution is -2.47. The Bertz CT molecular complexity index is 388. The molecule has 0 fully saturated rings. The van der Waals surface area contributed by atoms with Gasteiger partial charge in [-0.15, -0.1) is 0 Å². The van der Waals surface area contributed by atoms with Crippen molar-refractivity contribution in [2.45, 2.75) is 32.1 Å². The van der Waals surface area contributed by atoms with Crippen LogP contribution in [0.3, 0.4) is 0 Å². The minimum absolute atomic E-state index is 0.492. The van der Waals surface area contributed by atoms with Crippen LogP contribution in [0.25, 0.3) is 0 Å². The molecule has 0 aromatic rings. The maximum Gasteiger partial charge on any atom is 0.323 e. The Kier molecular flexibility index (Phi) is 5.56. The molecular weight excluding hydrogens is 250 g/mol. The van der Waals surface area contributed by atoms with E-state index in [0.717, 1.165) is 18.3 Å². The SMILES string of the molecule is COC(=O)CN(C(C)C)S(=O)(=O)C(C)C(=O)O. The molecule has 1 N–H and O–H groups in total. The summed E-state index contributed by atoms with van der Waals surface area (Å²) in [4.78, 5) is 21.8. The second-order valence-electron chi connectivity index (χ2n) is 3.74. The Balaban J connectivity index is 5.19. The highest BCUT2D eigenvalue weighted by Gasteiger charge is 2.36. The number of aliphatic carboxylic acids is 1. The maximum absolute atomic E-state index is 11.9. The molecule has 0 spiro atoms. The van der Waals surface area contributed by atoms with Crippen molar-refractivity contribution in [1.82, 2.24) is 4.31 Å². The summed E-state index contributed by atoms with van der Waals surface area (Å²) < 4.78 is 29.0. The highest BCUT2D eigenvalue weighted by Crippen LogP contribution is 2.13. The van der Waals surface area contributed by atoms with E-state index < -0.39 is 39.8 Å². The molecule has 0 radical (unpaired) electrons. The van der Waals surface area contributed by atoms with Crippen molar-refractivity contribution >= 4 is 22.0 Å². The largest absolute Gasteiger partial charge is 0.480 e. The Labute approximate surface area is 100 Å². The lowest BCUT2D eigenvalue weighted by Gasteiger charge is -2.26. The first-order valence-electron chi connectivity index (χ1n) is 4.94. The summed E-state index contributed by atoms with van der Waals surface area (Å²) in [5.41, 5.74) is 0. The number of sulfonamides is 1. The van der Waals surface area contributed by atoms with Crippen LogP contribution in [0.15, 0.2) is 0 Å². The molecular formula is C9H17NO6S. The lowest BCUT2D eigenvalue weighted by atomic mass is 10.4. The standard InChI is InChI=1S/C9H17NO6S/c1-6(2)10(5-8(11)16-4)17(14,15)7(3)9(12)13/h6-7H,5H2,1-4H3,(H,12,13). The third kappa shape index (κ3) is 3.97. The monoisotopic (exact) mass is 267 g/mol. The summed E-state index contributed by atoms with van der Waals surface area (Å²) in [5.74, 6) is -2.19. The molecule has 7 nitrogen and oxygen atoms in total. The summed E-state index contributed by atoms with van der Waals surface area (Å²) in [6.07, 6.45) is 0. The van der Waals surface area contributed by atoms with Crippen LogP contribution < -0.4 is 0 Å². The molecule has 0 aliphatic heterocycles. The molecule has 8 heteroatoms. The number of ether oxygens (including phenoxy) is 1. The van der Waals surface area contributed by atoms with Gasteiger partial charge in [-0.3, -0.25) is 9.59 Å². The van der Waals surface area contributed by atoms with Gasteiger partial charge in [-0.2, -0.15) is 4.31 Å². The third-order valence-corrected chi connectivity index (χ3v) is 4.51. The third-order valence-electron chi connectivity index (χ3n) is 2.21. The van der Waals surface area contributed by atoms with Gasteiger partial charge < -0.3 is 9.84 Å². The smallest absolute Gasteiger partial charge is 0.323 e. The Morgan fingerprint density at radius 1 is 1.29 bits per heavy atom. The summed E-state index contributed by atoms with van der Waals surface area (Å²) in [5, 5.41) is 7.12. The zero-order valence-corrected chi connectivity index (χ0v) is 11.0. The molecule has 0 bridgehead atoms. The fourth-order valence-electron chi connectivity index (χ4n) is 1.09. The highest BCUT2D eigenvalue weighted by molar-refractivity contribution is 7.90. The second-order valence-corrected chi connectivity index (χ2v) is 5.95. The number of hydrogen-bond donors (Lipinski definition) is 1. The van der Waals surface area contributed by atoms with Crippen molar-refractivity contribution in [2.24, 2.45) is 0 Å². The molecule has 17 heavy (non-hydrogen) atoms. The number of rotatable bonds is 6. The van der Waals surface area contributed by atoms with Crippen LogP contribution in [0.1, 0.15) is 20.8 Å². The zero-order valence-electron chi connectivity index (χ0n) is 10.2. The predicted molar refractivity (Wildman–Crippen MR) is 59.9 cm³/mol. The van der Waals surface area contributed by atoms with E-state index in [-0.39, 0.29) is 0 Å². The van der Waals surface area contributed by atoms with Crippen LogP contribution >= 0.6 is 0 Å². The average molecular weight is 267 g/mol.